The summed E-state index contributed by atoms with van der Waals surface area (Å²) >= 11 is 0. The highest BCUT2D eigenvalue weighted by Crippen LogP contribution is 2.13. The van der Waals surface area contributed by atoms with Crippen molar-refractivity contribution in [2.75, 3.05) is 0 Å². The lowest BCUT2D eigenvalue weighted by atomic mass is 10.1. The van der Waals surface area contributed by atoms with Gasteiger partial charge in [0.05, 0.1) is 12.9 Å². The van der Waals surface area contributed by atoms with Gasteiger partial charge >= 0.3 is 0 Å². The van der Waals surface area contributed by atoms with Gasteiger partial charge in [-0.15, -0.1) is 0 Å². The maximum atomic E-state index is 12.1. The van der Waals surface area contributed by atoms with E-state index < -0.39 is 0 Å². The first kappa shape index (κ1) is 11.4. The number of aromatic nitrogens is 3. The zero-order valence-corrected chi connectivity index (χ0v) is 10.0. The first-order valence-electron chi connectivity index (χ1n) is 5.84. The van der Waals surface area contributed by atoms with Crippen LogP contribution in [0.25, 0.3) is 10.9 Å². The van der Waals surface area contributed by atoms with E-state index in [1.54, 1.807) is 47.6 Å². The monoisotopic (exact) mass is 253 g/mol. The molecule has 3 aromatic rings. The lowest BCUT2D eigenvalue weighted by molar-refractivity contribution is 0.0972. The lowest BCUT2D eigenvalue weighted by Gasteiger charge is -2.04. The highest BCUT2D eigenvalue weighted by atomic mass is 16.1. The first-order chi connectivity index (χ1) is 9.22. The minimum Gasteiger partial charge on any atom is -0.330 e. The van der Waals surface area contributed by atoms with E-state index in [0.717, 1.165) is 10.9 Å². The number of rotatable bonds is 3. The van der Waals surface area contributed by atoms with E-state index in [1.165, 1.54) is 6.07 Å². The third-order valence-corrected chi connectivity index (χ3v) is 2.93. The number of benzene rings is 1. The number of fused-ring (bicyclic) bond motifs is 1. The number of hydrogen-bond donors (Lipinski definition) is 1. The molecule has 5 nitrogen and oxygen atoms in total. The van der Waals surface area contributed by atoms with Gasteiger partial charge in [0, 0.05) is 29.5 Å². The van der Waals surface area contributed by atoms with Crippen molar-refractivity contribution in [3.05, 3.63) is 65.0 Å². The number of hydrogen-bond acceptors (Lipinski definition) is 3. The number of pyridine rings is 1. The van der Waals surface area contributed by atoms with Gasteiger partial charge in [0.1, 0.15) is 0 Å². The van der Waals surface area contributed by atoms with Gasteiger partial charge < -0.3 is 9.55 Å². The van der Waals surface area contributed by atoms with Crippen LogP contribution in [0.4, 0.5) is 0 Å². The fraction of sp³-hybridized carbons (Fsp3) is 0.0714. The zero-order valence-electron chi connectivity index (χ0n) is 10.0. The van der Waals surface area contributed by atoms with Crippen molar-refractivity contribution in [1.82, 2.24) is 14.5 Å². The average molecular weight is 253 g/mol. The molecule has 0 saturated heterocycles. The second-order valence-electron chi connectivity index (χ2n) is 4.28. The Bertz CT molecular complexity index is 788. The Morgan fingerprint density at radius 1 is 1.26 bits per heavy atom. The largest absolute Gasteiger partial charge is 0.330 e. The molecule has 0 atom stereocenters. The maximum absolute atomic E-state index is 12.1. The minimum atomic E-state index is -0.148. The summed E-state index contributed by atoms with van der Waals surface area (Å²) in [5.41, 5.74) is 1.20. The van der Waals surface area contributed by atoms with Crippen molar-refractivity contribution in [2.45, 2.75) is 6.54 Å². The summed E-state index contributed by atoms with van der Waals surface area (Å²) in [6.45, 7) is 0.259. The van der Waals surface area contributed by atoms with Crippen LogP contribution in [0.5, 0.6) is 0 Å². The first-order valence-corrected chi connectivity index (χ1v) is 5.84. The molecule has 1 aromatic carbocycles. The molecule has 0 bridgehead atoms. The summed E-state index contributed by atoms with van der Waals surface area (Å²) in [7, 11) is 0. The summed E-state index contributed by atoms with van der Waals surface area (Å²) in [6.07, 6.45) is 4.99. The van der Waals surface area contributed by atoms with Gasteiger partial charge in [-0.25, -0.2) is 4.98 Å². The van der Waals surface area contributed by atoms with E-state index in [4.69, 9.17) is 0 Å². The standard InChI is InChI=1S/C14H11N3O2/c18-13(8-17-6-5-15-9-17)11-1-3-12-10(7-11)2-4-14(19)16-12/h1-7,9H,8H2,(H,16,19). The van der Waals surface area contributed by atoms with E-state index in [9.17, 15) is 9.59 Å². The third-order valence-electron chi connectivity index (χ3n) is 2.93. The molecule has 2 aromatic heterocycles. The van der Waals surface area contributed by atoms with E-state index in [1.807, 2.05) is 0 Å². The SMILES string of the molecule is O=C(Cn1ccnc1)c1ccc2[nH]c(=O)ccc2c1. The van der Waals surface area contributed by atoms with Crippen LogP contribution in [0, 0.1) is 0 Å². The fourth-order valence-electron chi connectivity index (χ4n) is 1.97. The van der Waals surface area contributed by atoms with Crippen LogP contribution < -0.4 is 5.56 Å². The fourth-order valence-corrected chi connectivity index (χ4v) is 1.97. The molecule has 0 radical (unpaired) electrons. The Morgan fingerprint density at radius 2 is 2.16 bits per heavy atom. The van der Waals surface area contributed by atoms with Crippen molar-refractivity contribution in [1.29, 1.82) is 0 Å². The highest BCUT2D eigenvalue weighted by Gasteiger charge is 2.07. The van der Waals surface area contributed by atoms with Crippen molar-refractivity contribution >= 4 is 16.7 Å². The molecule has 0 spiro atoms. The molecule has 3 rings (SSSR count). The number of nitrogens with one attached hydrogen (secondary N) is 1. The molecule has 5 heteroatoms. The van der Waals surface area contributed by atoms with Gasteiger partial charge in [0.15, 0.2) is 5.78 Å². The lowest BCUT2D eigenvalue weighted by Crippen LogP contribution is -2.09. The maximum Gasteiger partial charge on any atom is 0.248 e. The summed E-state index contributed by atoms with van der Waals surface area (Å²) in [5, 5.41) is 0.844. The summed E-state index contributed by atoms with van der Waals surface area (Å²) < 4.78 is 1.72. The molecule has 1 N–H and O–H groups in total. The molecule has 94 valence electrons. The number of aromatic amines is 1. The topological polar surface area (TPSA) is 67.8 Å². The van der Waals surface area contributed by atoms with E-state index in [-0.39, 0.29) is 17.9 Å². The molecule has 0 amide bonds. The molecule has 0 aliphatic carbocycles. The Morgan fingerprint density at radius 3 is 2.95 bits per heavy atom. The van der Waals surface area contributed by atoms with Gasteiger partial charge in [-0.1, -0.05) is 0 Å². The quantitative estimate of drug-likeness (QED) is 0.721. The molecule has 19 heavy (non-hydrogen) atoms. The van der Waals surface area contributed by atoms with Crippen molar-refractivity contribution in [3.63, 3.8) is 0 Å². The number of H-pyrrole nitrogens is 1. The van der Waals surface area contributed by atoms with Crippen molar-refractivity contribution in [2.24, 2.45) is 0 Å². The molecule has 2 heterocycles. The summed E-state index contributed by atoms with van der Waals surface area (Å²) in [6, 6.07) is 8.41. The zero-order chi connectivity index (χ0) is 13.2. The molecule has 0 saturated carbocycles. The van der Waals surface area contributed by atoms with E-state index in [0.29, 0.717) is 5.56 Å². The normalized spacial score (nSPS) is 10.7. The number of Topliss-reactive ketones (excluding diaryl/α,β-unsaturated/α-hetero) is 1. The van der Waals surface area contributed by atoms with Crippen LogP contribution in [0.15, 0.2) is 53.8 Å². The van der Waals surface area contributed by atoms with Gasteiger partial charge in [0.2, 0.25) is 5.56 Å². The van der Waals surface area contributed by atoms with Crippen molar-refractivity contribution < 1.29 is 4.79 Å². The molecule has 0 aliphatic heterocycles. The molecule has 0 aliphatic rings. The Kier molecular flexibility index (Phi) is 2.72. The summed E-state index contributed by atoms with van der Waals surface area (Å²) in [5.74, 6) is 0.00565. The number of nitrogens with zero attached hydrogens (tertiary/aromatic N) is 2. The predicted octanol–water partition coefficient (Wildman–Crippen LogP) is 1.61. The van der Waals surface area contributed by atoms with Crippen LogP contribution in [0.1, 0.15) is 10.4 Å². The van der Waals surface area contributed by atoms with Gasteiger partial charge in [-0.3, -0.25) is 9.59 Å². The Balaban J connectivity index is 1.94. The van der Waals surface area contributed by atoms with Gasteiger partial charge in [-0.05, 0) is 29.7 Å². The molecule has 0 unspecified atom stereocenters. The Hall–Kier alpha value is -2.69. The van der Waals surface area contributed by atoms with Crippen molar-refractivity contribution in [3.8, 4) is 0 Å². The minimum absolute atomic E-state index is 0.00565. The third kappa shape index (κ3) is 2.30. The van der Waals surface area contributed by atoms with Crippen LogP contribution in [-0.2, 0) is 6.54 Å². The number of ketones is 1. The number of carbonyl (C=O) groups is 1. The van der Waals surface area contributed by atoms with E-state index >= 15 is 0 Å². The van der Waals surface area contributed by atoms with Gasteiger partial charge in [-0.2, -0.15) is 0 Å². The van der Waals surface area contributed by atoms with Crippen LogP contribution in [0.2, 0.25) is 0 Å². The summed E-state index contributed by atoms with van der Waals surface area (Å²) in [4.78, 5) is 29.9. The predicted molar refractivity (Wildman–Crippen MR) is 71.1 cm³/mol. The molecular formula is C14H11N3O2. The number of imidazole rings is 1. The second-order valence-corrected chi connectivity index (χ2v) is 4.28. The molecular weight excluding hydrogens is 242 g/mol. The number of carbonyl (C=O) groups excluding carboxylic acids is 1. The molecule has 0 fully saturated rings. The average Bonchev–Trinajstić information content (AvgIpc) is 2.91. The van der Waals surface area contributed by atoms with Crippen LogP contribution in [-0.4, -0.2) is 20.3 Å². The van der Waals surface area contributed by atoms with Crippen LogP contribution in [0.3, 0.4) is 0 Å². The Labute approximate surface area is 108 Å². The second kappa shape index (κ2) is 4.53. The van der Waals surface area contributed by atoms with E-state index in [2.05, 4.69) is 9.97 Å². The van der Waals surface area contributed by atoms with Gasteiger partial charge in [0.25, 0.3) is 0 Å². The van der Waals surface area contributed by atoms with Crippen LogP contribution >= 0.6 is 0 Å². The highest BCUT2D eigenvalue weighted by molar-refractivity contribution is 5.99. The smallest absolute Gasteiger partial charge is 0.248 e.